The third kappa shape index (κ3) is 8.92. The summed E-state index contributed by atoms with van der Waals surface area (Å²) in [4.78, 5) is 0. The monoisotopic (exact) mass is 338 g/mol. The molecule has 0 fully saturated rings. The summed E-state index contributed by atoms with van der Waals surface area (Å²) in [6.45, 7) is 7.08. The van der Waals surface area contributed by atoms with Gasteiger partial charge in [-0.05, 0) is 0 Å². The maximum absolute atomic E-state index is 3.59. The molecule has 0 aromatic rings. The van der Waals surface area contributed by atoms with E-state index in [9.17, 15) is 0 Å². The van der Waals surface area contributed by atoms with E-state index in [0.717, 1.165) is 0 Å². The van der Waals surface area contributed by atoms with Crippen LogP contribution in [0.4, 0.5) is 0 Å². The van der Waals surface area contributed by atoms with Crippen LogP contribution in [0.2, 0.25) is 0 Å². The Balaban J connectivity index is 4.41. The molecule has 0 atom stereocenters. The van der Waals surface area contributed by atoms with Crippen LogP contribution in [0, 0.1) is 0 Å². The fourth-order valence-electron chi connectivity index (χ4n) is 3.00. The van der Waals surface area contributed by atoms with Crippen LogP contribution in [0.15, 0.2) is 0 Å². The molecular formula is C16H36BrP. The Morgan fingerprint density at radius 2 is 1.00 bits per heavy atom. The van der Waals surface area contributed by atoms with Crippen molar-refractivity contribution < 1.29 is 0 Å². The van der Waals surface area contributed by atoms with Crippen molar-refractivity contribution in [3.05, 3.63) is 0 Å². The zero-order chi connectivity index (χ0) is 13.7. The van der Waals surface area contributed by atoms with Gasteiger partial charge < -0.3 is 0 Å². The normalized spacial score (nSPS) is 12.9. The van der Waals surface area contributed by atoms with Crippen LogP contribution >= 0.6 is 23.2 Å². The Bertz CT molecular complexity index is 149. The molecule has 18 heavy (non-hydrogen) atoms. The molecule has 0 rings (SSSR count). The van der Waals surface area contributed by atoms with E-state index in [1.54, 1.807) is 24.6 Å². The van der Waals surface area contributed by atoms with Gasteiger partial charge >= 0.3 is 125 Å². The molecule has 0 aromatic heterocycles. The van der Waals surface area contributed by atoms with Gasteiger partial charge in [0.15, 0.2) is 0 Å². The summed E-state index contributed by atoms with van der Waals surface area (Å²) in [6.07, 6.45) is 18.0. The van der Waals surface area contributed by atoms with Gasteiger partial charge in [0.1, 0.15) is 0 Å². The molecule has 0 nitrogen and oxygen atoms in total. The second-order valence-corrected chi connectivity index (χ2v) is 11.7. The van der Waals surface area contributed by atoms with Crippen molar-refractivity contribution in [1.82, 2.24) is 0 Å². The first-order valence-electron chi connectivity index (χ1n) is 8.30. The zero-order valence-electron chi connectivity index (χ0n) is 13.1. The van der Waals surface area contributed by atoms with E-state index in [2.05, 4.69) is 36.7 Å². The summed E-state index contributed by atoms with van der Waals surface area (Å²) in [5, 5.41) is 1.20. The number of halogens is 1. The fraction of sp³-hybridized carbons (Fsp3) is 1.00. The van der Waals surface area contributed by atoms with Crippen LogP contribution < -0.4 is 0 Å². The van der Waals surface area contributed by atoms with E-state index in [1.807, 2.05) is 0 Å². The van der Waals surface area contributed by atoms with Crippen LogP contribution in [0.1, 0.15) is 72.1 Å². The van der Waals surface area contributed by atoms with Crippen LogP contribution in [-0.2, 0) is 0 Å². The van der Waals surface area contributed by atoms with Gasteiger partial charge in [-0.2, -0.15) is 0 Å². The van der Waals surface area contributed by atoms with E-state index < -0.39 is 7.26 Å². The van der Waals surface area contributed by atoms with E-state index in [-0.39, 0.29) is 0 Å². The number of alkyl halides is 1. The van der Waals surface area contributed by atoms with Gasteiger partial charge in [0, 0.05) is 0 Å². The molecule has 0 spiro atoms. The zero-order valence-corrected chi connectivity index (χ0v) is 15.7. The number of rotatable bonds is 13. The van der Waals surface area contributed by atoms with Gasteiger partial charge in [-0.1, -0.05) is 0 Å². The molecule has 0 amide bonds. The van der Waals surface area contributed by atoms with E-state index >= 15 is 0 Å². The molecule has 2 heteroatoms. The summed E-state index contributed by atoms with van der Waals surface area (Å²) in [5.41, 5.74) is 0. The van der Waals surface area contributed by atoms with Crippen LogP contribution in [0.3, 0.4) is 0 Å². The molecule has 112 valence electrons. The molecule has 0 saturated carbocycles. The summed E-state index contributed by atoms with van der Waals surface area (Å²) in [5.74, 6) is 0. The Kier molecular flexibility index (Phi) is 13.6. The summed E-state index contributed by atoms with van der Waals surface area (Å²) >= 11 is 3.59. The van der Waals surface area contributed by atoms with Gasteiger partial charge in [0.05, 0.1) is 0 Å². The fourth-order valence-corrected chi connectivity index (χ4v) is 9.21. The van der Waals surface area contributed by atoms with Crippen LogP contribution in [0.5, 0.6) is 0 Å². The van der Waals surface area contributed by atoms with Crippen molar-refractivity contribution in [2.45, 2.75) is 72.1 Å². The van der Waals surface area contributed by atoms with Gasteiger partial charge in [-0.25, -0.2) is 0 Å². The summed E-state index contributed by atoms with van der Waals surface area (Å²) in [6, 6.07) is 0. The molecule has 0 heterocycles. The molecule has 0 bridgehead atoms. The van der Waals surface area contributed by atoms with Gasteiger partial charge in [0.2, 0.25) is 0 Å². The molecule has 0 aliphatic carbocycles. The quantitative estimate of drug-likeness (QED) is 0.209. The standard InChI is InChI=1S/C16H36BrP/c1-4-7-13-18(14-8-5-2,15-9-6-3)16-11-10-12-17/h18H,4-16H2,1-3H3. The van der Waals surface area contributed by atoms with E-state index in [4.69, 9.17) is 0 Å². The minimum absolute atomic E-state index is 0.917. The Labute approximate surface area is 125 Å². The Morgan fingerprint density at radius 3 is 1.33 bits per heavy atom. The van der Waals surface area contributed by atoms with Crippen molar-refractivity contribution >= 4 is 23.2 Å². The third-order valence-electron chi connectivity index (χ3n) is 4.27. The van der Waals surface area contributed by atoms with E-state index in [0.29, 0.717) is 0 Å². The molecule has 0 N–H and O–H groups in total. The first-order valence-corrected chi connectivity index (χ1v) is 12.3. The predicted octanol–water partition coefficient (Wildman–Crippen LogP) is 6.31. The third-order valence-corrected chi connectivity index (χ3v) is 10.5. The molecule has 0 unspecified atom stereocenters. The maximum atomic E-state index is 3.59. The second-order valence-electron chi connectivity index (χ2n) is 5.96. The van der Waals surface area contributed by atoms with Gasteiger partial charge in [0.25, 0.3) is 0 Å². The van der Waals surface area contributed by atoms with Crippen molar-refractivity contribution in [3.63, 3.8) is 0 Å². The average Bonchev–Trinajstić information content (AvgIpc) is 2.40. The molecule has 0 radical (unpaired) electrons. The molecule has 0 aliphatic rings. The molecular weight excluding hydrogens is 303 g/mol. The van der Waals surface area contributed by atoms with Crippen molar-refractivity contribution in [2.24, 2.45) is 0 Å². The Morgan fingerprint density at radius 1 is 0.611 bits per heavy atom. The number of hydrogen-bond acceptors (Lipinski definition) is 0. The van der Waals surface area contributed by atoms with Crippen molar-refractivity contribution in [1.29, 1.82) is 0 Å². The molecule has 0 aromatic carbocycles. The predicted molar refractivity (Wildman–Crippen MR) is 95.5 cm³/mol. The average molecular weight is 339 g/mol. The molecule has 0 saturated heterocycles. The Hall–Kier alpha value is 0.910. The van der Waals surface area contributed by atoms with Crippen LogP contribution in [-0.4, -0.2) is 30.0 Å². The second kappa shape index (κ2) is 12.9. The first-order chi connectivity index (χ1) is 8.74. The van der Waals surface area contributed by atoms with Gasteiger partial charge in [-0.3, -0.25) is 0 Å². The molecule has 0 aliphatic heterocycles. The number of hydrogen-bond donors (Lipinski definition) is 0. The number of unbranched alkanes of at least 4 members (excludes halogenated alkanes) is 4. The van der Waals surface area contributed by atoms with Crippen LogP contribution in [0.25, 0.3) is 0 Å². The van der Waals surface area contributed by atoms with Gasteiger partial charge in [-0.15, -0.1) is 0 Å². The SMILES string of the molecule is CCCC[PH](CCCC)(CCCC)CCCCBr. The van der Waals surface area contributed by atoms with Crippen molar-refractivity contribution in [3.8, 4) is 0 Å². The summed E-state index contributed by atoms with van der Waals surface area (Å²) < 4.78 is 0. The minimum atomic E-state index is -0.917. The first kappa shape index (κ1) is 18.9. The van der Waals surface area contributed by atoms with Crippen molar-refractivity contribution in [2.75, 3.05) is 30.0 Å². The van der Waals surface area contributed by atoms with E-state index in [1.165, 1.54) is 56.7 Å². The summed E-state index contributed by atoms with van der Waals surface area (Å²) in [7, 11) is -0.917. The topological polar surface area (TPSA) is 0 Å².